The maximum absolute atomic E-state index is 11.6. The van der Waals surface area contributed by atoms with Gasteiger partial charge in [-0.2, -0.15) is 0 Å². The van der Waals surface area contributed by atoms with Crippen LogP contribution in [0.25, 0.3) is 0 Å². The Hall–Kier alpha value is -2.78. The molecular formula is C18H18N2O6S. The van der Waals surface area contributed by atoms with E-state index in [9.17, 15) is 14.9 Å². The lowest BCUT2D eigenvalue weighted by Crippen LogP contribution is -2.33. The van der Waals surface area contributed by atoms with Crippen molar-refractivity contribution < 1.29 is 24.3 Å². The Kier molecular flexibility index (Phi) is 5.82. The molecular weight excluding hydrogens is 372 g/mol. The lowest BCUT2D eigenvalue weighted by Gasteiger charge is -2.16. The number of carboxylic acid groups (broad SMARTS) is 1. The molecule has 3 rings (SSSR count). The van der Waals surface area contributed by atoms with Gasteiger partial charge in [0.1, 0.15) is 12.6 Å². The molecule has 1 aliphatic rings. The highest BCUT2D eigenvalue weighted by Crippen LogP contribution is 2.43. The molecule has 0 spiro atoms. The molecule has 27 heavy (non-hydrogen) atoms. The minimum Gasteiger partial charge on any atom is -0.493 e. The zero-order chi connectivity index (χ0) is 19.4. The van der Waals surface area contributed by atoms with E-state index in [4.69, 9.17) is 14.6 Å². The molecule has 8 nitrogen and oxygen atoms in total. The number of nitro groups is 1. The molecule has 2 aromatic rings. The molecule has 0 bridgehead atoms. The number of methoxy groups -OCH3 is 1. The highest BCUT2D eigenvalue weighted by molar-refractivity contribution is 7.99. The van der Waals surface area contributed by atoms with E-state index < -0.39 is 16.9 Å². The second-order valence-electron chi connectivity index (χ2n) is 5.87. The van der Waals surface area contributed by atoms with Crippen molar-refractivity contribution in [3.05, 3.63) is 63.7 Å². The molecule has 1 heterocycles. The highest BCUT2D eigenvalue weighted by atomic mass is 32.2. The molecule has 2 N–H and O–H groups in total. The third-order valence-electron chi connectivity index (χ3n) is 4.08. The zero-order valence-corrected chi connectivity index (χ0v) is 15.3. The monoisotopic (exact) mass is 390 g/mol. The second kappa shape index (κ2) is 8.28. The van der Waals surface area contributed by atoms with Crippen molar-refractivity contribution in [1.82, 2.24) is 5.32 Å². The summed E-state index contributed by atoms with van der Waals surface area (Å²) in [7, 11) is 1.41. The Labute approximate surface area is 159 Å². The molecule has 2 atom stereocenters. The van der Waals surface area contributed by atoms with Crippen LogP contribution in [0.3, 0.4) is 0 Å². The fourth-order valence-electron chi connectivity index (χ4n) is 2.73. The van der Waals surface area contributed by atoms with E-state index in [1.54, 1.807) is 6.07 Å². The van der Waals surface area contributed by atoms with Gasteiger partial charge in [-0.1, -0.05) is 30.3 Å². The van der Waals surface area contributed by atoms with E-state index >= 15 is 0 Å². The summed E-state index contributed by atoms with van der Waals surface area (Å²) < 4.78 is 11.0. The van der Waals surface area contributed by atoms with Crippen molar-refractivity contribution in [2.24, 2.45) is 0 Å². The first-order valence-corrected chi connectivity index (χ1v) is 9.18. The number of carbonyl (C=O) groups is 1. The van der Waals surface area contributed by atoms with Crippen LogP contribution in [0.1, 0.15) is 16.5 Å². The Morgan fingerprint density at radius 3 is 2.70 bits per heavy atom. The topological polar surface area (TPSA) is 111 Å². The van der Waals surface area contributed by atoms with E-state index in [2.05, 4.69) is 5.32 Å². The summed E-state index contributed by atoms with van der Waals surface area (Å²) in [5.74, 6) is -0.291. The van der Waals surface area contributed by atoms with Crippen LogP contribution in [-0.2, 0) is 11.4 Å². The fourth-order valence-corrected chi connectivity index (χ4v) is 3.94. The zero-order valence-electron chi connectivity index (χ0n) is 14.5. The van der Waals surface area contributed by atoms with Crippen LogP contribution < -0.4 is 14.8 Å². The Bertz CT molecular complexity index is 845. The predicted molar refractivity (Wildman–Crippen MR) is 100 cm³/mol. The molecule has 1 saturated heterocycles. The number of nitro benzene ring substituents is 1. The Morgan fingerprint density at radius 2 is 2.11 bits per heavy atom. The van der Waals surface area contributed by atoms with E-state index in [1.807, 2.05) is 30.3 Å². The summed E-state index contributed by atoms with van der Waals surface area (Å²) in [6, 6.07) is 11.7. The van der Waals surface area contributed by atoms with Crippen LogP contribution in [0.15, 0.2) is 42.5 Å². The summed E-state index contributed by atoms with van der Waals surface area (Å²) in [6.07, 6.45) is 0. The highest BCUT2D eigenvalue weighted by Gasteiger charge is 2.33. The van der Waals surface area contributed by atoms with E-state index in [-0.39, 0.29) is 29.2 Å². The van der Waals surface area contributed by atoms with Gasteiger partial charge < -0.3 is 14.6 Å². The molecule has 142 valence electrons. The third-order valence-corrected chi connectivity index (χ3v) is 5.35. The maximum Gasteiger partial charge on any atom is 0.321 e. The molecule has 1 aliphatic heterocycles. The normalized spacial score (nSPS) is 18.9. The first-order chi connectivity index (χ1) is 13.0. The summed E-state index contributed by atoms with van der Waals surface area (Å²) in [6.45, 7) is 0.162. The van der Waals surface area contributed by atoms with Crippen molar-refractivity contribution in [3.63, 3.8) is 0 Å². The van der Waals surface area contributed by atoms with Crippen LogP contribution in [-0.4, -0.2) is 34.9 Å². The number of ether oxygens (including phenoxy) is 2. The number of thioether (sulfide) groups is 1. The largest absolute Gasteiger partial charge is 0.493 e. The number of nitrogens with zero attached hydrogens (tertiary/aromatic N) is 1. The van der Waals surface area contributed by atoms with E-state index in [1.165, 1.54) is 24.9 Å². The number of aliphatic carboxylic acids is 1. The molecule has 9 heteroatoms. The van der Waals surface area contributed by atoms with Gasteiger partial charge >= 0.3 is 11.7 Å². The van der Waals surface area contributed by atoms with Gasteiger partial charge in [0.05, 0.1) is 17.4 Å². The standard InChI is InChI=1S/C18H18N2O6S/c1-25-15-8-12(17-19-13(10-27-17)18(21)22)7-14(20(23)24)16(15)26-9-11-5-3-2-4-6-11/h2-8,13,17,19H,9-10H2,1H3,(H,21,22)/t13-,17+/m0/s1. The third kappa shape index (κ3) is 4.32. The molecule has 0 unspecified atom stereocenters. The number of rotatable bonds is 7. The number of nitrogens with one attached hydrogen (secondary N) is 1. The van der Waals surface area contributed by atoms with Crippen LogP contribution in [0.5, 0.6) is 11.5 Å². The summed E-state index contributed by atoms with van der Waals surface area (Å²) in [5, 5.41) is 23.3. The molecule has 0 saturated carbocycles. The molecule has 0 amide bonds. The van der Waals surface area contributed by atoms with Gasteiger partial charge in [0.2, 0.25) is 5.75 Å². The van der Waals surface area contributed by atoms with Crippen LogP contribution in [0, 0.1) is 10.1 Å². The van der Waals surface area contributed by atoms with Gasteiger partial charge in [-0.15, -0.1) is 11.8 Å². The van der Waals surface area contributed by atoms with E-state index in [0.717, 1.165) is 5.56 Å². The number of hydrogen-bond donors (Lipinski definition) is 2. The molecule has 0 aliphatic carbocycles. The predicted octanol–water partition coefficient (Wildman–Crippen LogP) is 2.97. The van der Waals surface area contributed by atoms with Crippen molar-refractivity contribution in [3.8, 4) is 11.5 Å². The maximum atomic E-state index is 11.6. The fraction of sp³-hybridized carbons (Fsp3) is 0.278. The summed E-state index contributed by atoms with van der Waals surface area (Å²) in [5.41, 5.74) is 1.22. The van der Waals surface area contributed by atoms with Crippen molar-refractivity contribution in [2.45, 2.75) is 18.0 Å². The van der Waals surface area contributed by atoms with Crippen LogP contribution in [0.2, 0.25) is 0 Å². The smallest absolute Gasteiger partial charge is 0.321 e. The Balaban J connectivity index is 1.89. The number of carboxylic acids is 1. The Morgan fingerprint density at radius 1 is 1.37 bits per heavy atom. The molecule has 1 fully saturated rings. The SMILES string of the molecule is COc1cc([C@@H]2N[C@H](C(=O)O)CS2)cc([N+](=O)[O-])c1OCc1ccccc1. The summed E-state index contributed by atoms with van der Waals surface area (Å²) >= 11 is 1.38. The molecule has 2 aromatic carbocycles. The molecule has 0 aromatic heterocycles. The average molecular weight is 390 g/mol. The second-order valence-corrected chi connectivity index (χ2v) is 7.01. The summed E-state index contributed by atoms with van der Waals surface area (Å²) in [4.78, 5) is 22.2. The first kappa shape index (κ1) is 19.0. The van der Waals surface area contributed by atoms with Crippen molar-refractivity contribution in [2.75, 3.05) is 12.9 Å². The molecule has 0 radical (unpaired) electrons. The minimum atomic E-state index is -0.950. The van der Waals surface area contributed by atoms with Crippen LogP contribution >= 0.6 is 11.8 Å². The first-order valence-electron chi connectivity index (χ1n) is 8.13. The van der Waals surface area contributed by atoms with Gasteiger partial charge in [-0.3, -0.25) is 20.2 Å². The number of hydrogen-bond acceptors (Lipinski definition) is 7. The van der Waals surface area contributed by atoms with Gasteiger partial charge in [-0.05, 0) is 17.2 Å². The van der Waals surface area contributed by atoms with Gasteiger partial charge in [0.25, 0.3) is 0 Å². The van der Waals surface area contributed by atoms with Gasteiger partial charge in [0, 0.05) is 11.8 Å². The lowest BCUT2D eigenvalue weighted by atomic mass is 10.1. The van der Waals surface area contributed by atoms with Crippen molar-refractivity contribution >= 4 is 23.4 Å². The number of benzene rings is 2. The van der Waals surface area contributed by atoms with Gasteiger partial charge in [-0.25, -0.2) is 0 Å². The van der Waals surface area contributed by atoms with Crippen LogP contribution in [0.4, 0.5) is 5.69 Å². The van der Waals surface area contributed by atoms with Crippen molar-refractivity contribution in [1.29, 1.82) is 0 Å². The lowest BCUT2D eigenvalue weighted by molar-refractivity contribution is -0.386. The minimum absolute atomic E-state index is 0.0490. The van der Waals surface area contributed by atoms with E-state index in [0.29, 0.717) is 11.3 Å². The average Bonchev–Trinajstić information content (AvgIpc) is 3.17. The van der Waals surface area contributed by atoms with Gasteiger partial charge in [0.15, 0.2) is 5.75 Å². The quantitative estimate of drug-likeness (QED) is 0.548.